The van der Waals surface area contributed by atoms with Crippen molar-refractivity contribution in [1.82, 2.24) is 0 Å². The van der Waals surface area contributed by atoms with Gasteiger partial charge in [0.05, 0.1) is 0 Å². The first-order valence-electron chi connectivity index (χ1n) is 6.78. The van der Waals surface area contributed by atoms with Gasteiger partial charge in [0.15, 0.2) is 0 Å². The maximum atomic E-state index is 5.99. The fourth-order valence-corrected chi connectivity index (χ4v) is 3.48. The van der Waals surface area contributed by atoms with Crippen LogP contribution in [0.1, 0.15) is 16.7 Å². The van der Waals surface area contributed by atoms with Crippen molar-refractivity contribution in [2.45, 2.75) is 30.2 Å². The maximum Gasteiger partial charge on any atom is 0.123 e. The highest BCUT2D eigenvalue weighted by Gasteiger charge is 2.22. The molecule has 0 bridgehead atoms. The van der Waals surface area contributed by atoms with Gasteiger partial charge in [0.25, 0.3) is 0 Å². The minimum absolute atomic E-state index is 0.282. The minimum atomic E-state index is 0.282. The largest absolute Gasteiger partial charge is 0.489 e. The average Bonchev–Trinajstić information content (AvgIpc) is 2.87. The summed E-state index contributed by atoms with van der Waals surface area (Å²) in [5.41, 5.74) is 3.81. The molecule has 3 heteroatoms. The highest BCUT2D eigenvalue weighted by Crippen LogP contribution is 2.32. The number of ether oxygens (including phenoxy) is 1. The molecule has 0 fully saturated rings. The zero-order valence-electron chi connectivity index (χ0n) is 11.4. The normalized spacial score (nSPS) is 16.8. The van der Waals surface area contributed by atoms with Gasteiger partial charge in [-0.25, -0.2) is 0 Å². The van der Waals surface area contributed by atoms with E-state index in [4.69, 9.17) is 16.3 Å². The Morgan fingerprint density at radius 2 is 2.00 bits per heavy atom. The Balaban J connectivity index is 1.58. The minimum Gasteiger partial charge on any atom is -0.489 e. The van der Waals surface area contributed by atoms with Gasteiger partial charge in [-0.3, -0.25) is 0 Å². The SMILES string of the molecule is Cc1ccc2c(c1)CC(CSc1ccc(CCl)cc1)O2. The molecule has 0 saturated carbocycles. The molecular weight excluding hydrogens is 288 g/mol. The van der Waals surface area contributed by atoms with Gasteiger partial charge in [0.1, 0.15) is 11.9 Å². The summed E-state index contributed by atoms with van der Waals surface area (Å²) >= 11 is 7.64. The molecule has 2 aromatic carbocycles. The third kappa shape index (κ3) is 3.13. The van der Waals surface area contributed by atoms with E-state index >= 15 is 0 Å². The molecule has 0 aliphatic carbocycles. The number of alkyl halides is 1. The molecule has 0 radical (unpaired) electrons. The van der Waals surface area contributed by atoms with Crippen molar-refractivity contribution in [3.63, 3.8) is 0 Å². The van der Waals surface area contributed by atoms with Crippen molar-refractivity contribution >= 4 is 23.4 Å². The van der Waals surface area contributed by atoms with Crippen molar-refractivity contribution < 1.29 is 4.74 Å². The molecule has 20 heavy (non-hydrogen) atoms. The summed E-state index contributed by atoms with van der Waals surface area (Å²) in [6.07, 6.45) is 1.30. The van der Waals surface area contributed by atoms with E-state index in [-0.39, 0.29) is 6.10 Å². The lowest BCUT2D eigenvalue weighted by atomic mass is 10.1. The van der Waals surface area contributed by atoms with Crippen molar-refractivity contribution in [2.24, 2.45) is 0 Å². The van der Waals surface area contributed by atoms with Crippen LogP contribution in [0.25, 0.3) is 0 Å². The molecule has 0 saturated heterocycles. The Kier molecular flexibility index (Phi) is 4.23. The summed E-state index contributed by atoms with van der Waals surface area (Å²) in [5.74, 6) is 2.61. The van der Waals surface area contributed by atoms with Crippen molar-refractivity contribution in [2.75, 3.05) is 5.75 Å². The fourth-order valence-electron chi connectivity index (χ4n) is 2.41. The van der Waals surface area contributed by atoms with Gasteiger partial charge in [-0.2, -0.15) is 0 Å². The number of thioether (sulfide) groups is 1. The monoisotopic (exact) mass is 304 g/mol. The van der Waals surface area contributed by atoms with Crippen LogP contribution in [0.5, 0.6) is 5.75 Å². The van der Waals surface area contributed by atoms with Crippen LogP contribution >= 0.6 is 23.4 Å². The average molecular weight is 305 g/mol. The number of benzene rings is 2. The Bertz CT molecular complexity index is 594. The number of hydrogen-bond donors (Lipinski definition) is 0. The maximum absolute atomic E-state index is 5.99. The third-order valence-corrected chi connectivity index (χ3v) is 4.92. The van der Waals surface area contributed by atoms with Crippen LogP contribution in [0, 0.1) is 6.92 Å². The summed E-state index contributed by atoms with van der Waals surface area (Å²) in [7, 11) is 0. The van der Waals surface area contributed by atoms with Crippen LogP contribution < -0.4 is 4.74 Å². The van der Waals surface area contributed by atoms with Gasteiger partial charge in [-0.15, -0.1) is 23.4 Å². The van der Waals surface area contributed by atoms with E-state index in [1.54, 1.807) is 0 Å². The summed E-state index contributed by atoms with van der Waals surface area (Å²) in [5, 5.41) is 0. The Hall–Kier alpha value is -1.12. The van der Waals surface area contributed by atoms with Gasteiger partial charge >= 0.3 is 0 Å². The zero-order valence-corrected chi connectivity index (χ0v) is 13.0. The van der Waals surface area contributed by atoms with E-state index in [0.29, 0.717) is 5.88 Å². The van der Waals surface area contributed by atoms with Gasteiger partial charge in [-0.1, -0.05) is 29.8 Å². The standard InChI is InChI=1S/C17H17ClOS/c1-12-2-7-17-14(8-12)9-15(19-17)11-20-16-5-3-13(10-18)4-6-16/h2-8,15H,9-11H2,1H3. The number of fused-ring (bicyclic) bond motifs is 1. The van der Waals surface area contributed by atoms with Crippen LogP contribution in [0.3, 0.4) is 0 Å². The molecule has 0 amide bonds. The summed E-state index contributed by atoms with van der Waals surface area (Å²) in [6.45, 7) is 2.13. The van der Waals surface area contributed by atoms with Crippen LogP contribution in [0.15, 0.2) is 47.4 Å². The molecule has 0 aromatic heterocycles. The van der Waals surface area contributed by atoms with E-state index < -0.39 is 0 Å². The fraction of sp³-hybridized carbons (Fsp3) is 0.294. The lowest BCUT2D eigenvalue weighted by molar-refractivity contribution is 0.259. The zero-order chi connectivity index (χ0) is 13.9. The molecule has 1 atom stereocenters. The first-order valence-corrected chi connectivity index (χ1v) is 8.30. The number of aryl methyl sites for hydroxylation is 1. The molecule has 1 nitrogen and oxygen atoms in total. The van der Waals surface area contributed by atoms with Gasteiger partial charge in [0, 0.05) is 22.9 Å². The van der Waals surface area contributed by atoms with E-state index in [1.807, 2.05) is 11.8 Å². The summed E-state index contributed by atoms with van der Waals surface area (Å²) in [4.78, 5) is 1.27. The predicted molar refractivity (Wildman–Crippen MR) is 86.0 cm³/mol. The van der Waals surface area contributed by atoms with Crippen LogP contribution in [0.2, 0.25) is 0 Å². The topological polar surface area (TPSA) is 9.23 Å². The lowest BCUT2D eigenvalue weighted by Crippen LogP contribution is -2.15. The second-order valence-corrected chi connectivity index (χ2v) is 6.50. The second-order valence-electron chi connectivity index (χ2n) is 5.14. The highest BCUT2D eigenvalue weighted by atomic mass is 35.5. The van der Waals surface area contributed by atoms with Crippen LogP contribution in [-0.2, 0) is 12.3 Å². The van der Waals surface area contributed by atoms with Crippen LogP contribution in [-0.4, -0.2) is 11.9 Å². The molecular formula is C17H17ClOS. The predicted octanol–water partition coefficient (Wildman–Crippen LogP) is 4.83. The molecule has 1 aliphatic heterocycles. The molecule has 1 heterocycles. The van der Waals surface area contributed by atoms with Gasteiger partial charge < -0.3 is 4.74 Å². The molecule has 3 rings (SSSR count). The van der Waals surface area contributed by atoms with Gasteiger partial charge in [-0.05, 0) is 36.2 Å². The molecule has 1 unspecified atom stereocenters. The van der Waals surface area contributed by atoms with E-state index in [1.165, 1.54) is 16.0 Å². The highest BCUT2D eigenvalue weighted by molar-refractivity contribution is 7.99. The Morgan fingerprint density at radius 3 is 2.75 bits per heavy atom. The number of rotatable bonds is 4. The van der Waals surface area contributed by atoms with Crippen LogP contribution in [0.4, 0.5) is 0 Å². The molecule has 2 aromatic rings. The first kappa shape index (κ1) is 13.8. The number of halogens is 1. The van der Waals surface area contributed by atoms with Crippen molar-refractivity contribution in [3.05, 3.63) is 59.2 Å². The second kappa shape index (κ2) is 6.11. The molecule has 104 valence electrons. The van der Waals surface area contributed by atoms with E-state index in [9.17, 15) is 0 Å². The first-order chi connectivity index (χ1) is 9.74. The third-order valence-electron chi connectivity index (χ3n) is 3.47. The quantitative estimate of drug-likeness (QED) is 0.591. The Morgan fingerprint density at radius 1 is 1.20 bits per heavy atom. The van der Waals surface area contributed by atoms with E-state index in [0.717, 1.165) is 23.5 Å². The van der Waals surface area contributed by atoms with E-state index in [2.05, 4.69) is 49.4 Å². The number of hydrogen-bond acceptors (Lipinski definition) is 2. The Labute approximate surface area is 129 Å². The van der Waals surface area contributed by atoms with Gasteiger partial charge in [0.2, 0.25) is 0 Å². The smallest absolute Gasteiger partial charge is 0.123 e. The summed E-state index contributed by atoms with van der Waals surface area (Å²) < 4.78 is 5.99. The van der Waals surface area contributed by atoms with Crippen molar-refractivity contribution in [3.8, 4) is 5.75 Å². The molecule has 0 spiro atoms. The molecule has 0 N–H and O–H groups in total. The van der Waals surface area contributed by atoms with Crippen molar-refractivity contribution in [1.29, 1.82) is 0 Å². The molecule has 1 aliphatic rings. The lowest BCUT2D eigenvalue weighted by Gasteiger charge is -2.10. The summed E-state index contributed by atoms with van der Waals surface area (Å²) in [6, 6.07) is 14.9.